The van der Waals surface area contributed by atoms with Crippen molar-refractivity contribution in [2.75, 3.05) is 26.8 Å². The molecular formula is C14H16N4O4. The van der Waals surface area contributed by atoms with Crippen LogP contribution in [0.1, 0.15) is 10.4 Å². The van der Waals surface area contributed by atoms with Crippen LogP contribution in [0.4, 0.5) is 0 Å². The summed E-state index contributed by atoms with van der Waals surface area (Å²) in [6, 6.07) is 6.75. The summed E-state index contributed by atoms with van der Waals surface area (Å²) in [5.74, 6) is -1.45. The average Bonchev–Trinajstić information content (AvgIpc) is 3.05. The largest absolute Gasteiger partial charge is 0.480 e. The second-order valence-corrected chi connectivity index (χ2v) is 4.51. The van der Waals surface area contributed by atoms with E-state index in [-0.39, 0.29) is 25.6 Å². The van der Waals surface area contributed by atoms with Crippen LogP contribution >= 0.6 is 0 Å². The van der Waals surface area contributed by atoms with E-state index >= 15 is 0 Å². The molecule has 1 amide bonds. The lowest BCUT2D eigenvalue weighted by atomic mass is 10.1. The first-order valence-corrected chi connectivity index (χ1v) is 6.58. The Hall–Kier alpha value is -2.74. The monoisotopic (exact) mass is 304 g/mol. The zero-order valence-electron chi connectivity index (χ0n) is 12.0. The molecule has 0 fully saturated rings. The number of methoxy groups -OCH3 is 1. The third kappa shape index (κ3) is 3.89. The summed E-state index contributed by atoms with van der Waals surface area (Å²) in [6.45, 7) is 0.0900. The number of hydrogen-bond acceptors (Lipinski definition) is 5. The SMILES string of the molecule is COCCN(CC(=O)O)C(=O)c1cccc(-n2ccnn2)c1. The summed E-state index contributed by atoms with van der Waals surface area (Å²) in [5, 5.41) is 16.5. The molecule has 2 aromatic rings. The van der Waals surface area contributed by atoms with Gasteiger partial charge in [-0.3, -0.25) is 9.59 Å². The quantitative estimate of drug-likeness (QED) is 0.797. The summed E-state index contributed by atoms with van der Waals surface area (Å²) < 4.78 is 6.43. The molecule has 22 heavy (non-hydrogen) atoms. The minimum Gasteiger partial charge on any atom is -0.480 e. The van der Waals surface area contributed by atoms with Crippen LogP contribution in [0, 0.1) is 0 Å². The Morgan fingerprint density at radius 3 is 2.86 bits per heavy atom. The Bertz CT molecular complexity index is 642. The number of carbonyl (C=O) groups is 2. The number of rotatable bonds is 7. The standard InChI is InChI=1S/C14H16N4O4/c1-22-8-7-17(10-13(19)20)14(21)11-3-2-4-12(9-11)18-6-5-15-16-18/h2-6,9H,7-8,10H2,1H3,(H,19,20). The molecule has 8 nitrogen and oxygen atoms in total. The summed E-state index contributed by atoms with van der Waals surface area (Å²) in [4.78, 5) is 24.6. The van der Waals surface area contributed by atoms with Crippen molar-refractivity contribution < 1.29 is 19.4 Å². The fourth-order valence-corrected chi connectivity index (χ4v) is 1.93. The highest BCUT2D eigenvalue weighted by atomic mass is 16.5. The number of benzene rings is 1. The maximum Gasteiger partial charge on any atom is 0.323 e. The molecule has 0 saturated heterocycles. The van der Waals surface area contributed by atoms with E-state index in [0.29, 0.717) is 11.3 Å². The normalized spacial score (nSPS) is 10.4. The van der Waals surface area contributed by atoms with Gasteiger partial charge in [0.05, 0.1) is 24.7 Å². The molecule has 1 heterocycles. The molecule has 0 aliphatic carbocycles. The van der Waals surface area contributed by atoms with Gasteiger partial charge >= 0.3 is 5.97 Å². The van der Waals surface area contributed by atoms with Gasteiger partial charge in [0.2, 0.25) is 0 Å². The maximum atomic E-state index is 12.5. The van der Waals surface area contributed by atoms with Gasteiger partial charge in [-0.25, -0.2) is 4.68 Å². The van der Waals surface area contributed by atoms with Crippen molar-refractivity contribution in [1.82, 2.24) is 19.9 Å². The molecule has 0 radical (unpaired) electrons. The van der Waals surface area contributed by atoms with Gasteiger partial charge in [-0.05, 0) is 18.2 Å². The van der Waals surface area contributed by atoms with Crippen molar-refractivity contribution in [3.63, 3.8) is 0 Å². The minimum absolute atomic E-state index is 0.204. The number of ether oxygens (including phenoxy) is 1. The van der Waals surface area contributed by atoms with Gasteiger partial charge in [0.25, 0.3) is 5.91 Å². The van der Waals surface area contributed by atoms with Crippen LogP contribution in [-0.2, 0) is 9.53 Å². The van der Waals surface area contributed by atoms with Crippen LogP contribution in [-0.4, -0.2) is 63.7 Å². The number of amides is 1. The van der Waals surface area contributed by atoms with Crippen LogP contribution < -0.4 is 0 Å². The van der Waals surface area contributed by atoms with E-state index in [1.807, 2.05) is 0 Å². The summed E-state index contributed by atoms with van der Waals surface area (Å²) in [6.07, 6.45) is 3.19. The zero-order valence-corrected chi connectivity index (χ0v) is 12.0. The highest BCUT2D eigenvalue weighted by Crippen LogP contribution is 2.11. The smallest absolute Gasteiger partial charge is 0.323 e. The molecule has 1 aromatic heterocycles. The molecule has 0 atom stereocenters. The highest BCUT2D eigenvalue weighted by Gasteiger charge is 2.18. The minimum atomic E-state index is -1.07. The molecule has 8 heteroatoms. The first-order chi connectivity index (χ1) is 10.6. The van der Waals surface area contributed by atoms with Crippen LogP contribution in [0.25, 0.3) is 5.69 Å². The van der Waals surface area contributed by atoms with E-state index < -0.39 is 5.97 Å². The summed E-state index contributed by atoms with van der Waals surface area (Å²) in [5.41, 5.74) is 1.05. The Labute approximate surface area is 126 Å². The van der Waals surface area contributed by atoms with E-state index in [1.54, 1.807) is 30.5 Å². The predicted octanol–water partition coefficient (Wildman–Crippen LogP) is 0.440. The van der Waals surface area contributed by atoms with Gasteiger partial charge < -0.3 is 14.7 Å². The van der Waals surface area contributed by atoms with Gasteiger partial charge in [0.1, 0.15) is 6.54 Å². The van der Waals surface area contributed by atoms with Crippen LogP contribution in [0.5, 0.6) is 0 Å². The molecule has 116 valence electrons. The van der Waals surface area contributed by atoms with E-state index in [4.69, 9.17) is 9.84 Å². The number of carboxylic acid groups (broad SMARTS) is 1. The second-order valence-electron chi connectivity index (χ2n) is 4.51. The number of aromatic nitrogens is 3. The Kier molecular flexibility index (Phi) is 5.21. The molecule has 0 unspecified atom stereocenters. The van der Waals surface area contributed by atoms with Crippen molar-refractivity contribution in [2.45, 2.75) is 0 Å². The van der Waals surface area contributed by atoms with Crippen LogP contribution in [0.3, 0.4) is 0 Å². The number of carbonyl (C=O) groups excluding carboxylic acids is 1. The number of aliphatic carboxylic acids is 1. The fourth-order valence-electron chi connectivity index (χ4n) is 1.93. The van der Waals surface area contributed by atoms with Gasteiger partial charge in [-0.15, -0.1) is 5.10 Å². The molecule has 2 rings (SSSR count). The van der Waals surface area contributed by atoms with E-state index in [9.17, 15) is 9.59 Å². The highest BCUT2D eigenvalue weighted by molar-refractivity contribution is 5.96. The van der Waals surface area contributed by atoms with Crippen LogP contribution in [0.15, 0.2) is 36.7 Å². The van der Waals surface area contributed by atoms with Gasteiger partial charge in [0.15, 0.2) is 0 Å². The molecule has 1 aromatic carbocycles. The third-order valence-corrected chi connectivity index (χ3v) is 2.96. The van der Waals surface area contributed by atoms with Crippen molar-refractivity contribution in [2.24, 2.45) is 0 Å². The zero-order chi connectivity index (χ0) is 15.9. The first-order valence-electron chi connectivity index (χ1n) is 6.58. The van der Waals surface area contributed by atoms with Crippen molar-refractivity contribution in [1.29, 1.82) is 0 Å². The molecule has 0 spiro atoms. The molecular weight excluding hydrogens is 288 g/mol. The number of nitrogens with zero attached hydrogens (tertiary/aromatic N) is 4. The van der Waals surface area contributed by atoms with E-state index in [1.165, 1.54) is 22.9 Å². The predicted molar refractivity (Wildman–Crippen MR) is 76.8 cm³/mol. The maximum absolute atomic E-state index is 12.5. The molecule has 0 bridgehead atoms. The summed E-state index contributed by atoms with van der Waals surface area (Å²) >= 11 is 0. The van der Waals surface area contributed by atoms with Crippen LogP contribution in [0.2, 0.25) is 0 Å². The van der Waals surface area contributed by atoms with E-state index in [0.717, 1.165) is 0 Å². The topological polar surface area (TPSA) is 97.6 Å². The number of hydrogen-bond donors (Lipinski definition) is 1. The van der Waals surface area contributed by atoms with E-state index in [2.05, 4.69) is 10.3 Å². The molecule has 0 aliphatic rings. The van der Waals surface area contributed by atoms with Crippen molar-refractivity contribution in [3.05, 3.63) is 42.2 Å². The van der Waals surface area contributed by atoms with Gasteiger partial charge in [0, 0.05) is 19.2 Å². The Balaban J connectivity index is 2.22. The lowest BCUT2D eigenvalue weighted by Gasteiger charge is -2.20. The fraction of sp³-hybridized carbons (Fsp3) is 0.286. The average molecular weight is 304 g/mol. The van der Waals surface area contributed by atoms with Crippen molar-refractivity contribution >= 4 is 11.9 Å². The molecule has 1 N–H and O–H groups in total. The first kappa shape index (κ1) is 15.6. The van der Waals surface area contributed by atoms with Gasteiger partial charge in [-0.1, -0.05) is 11.3 Å². The second kappa shape index (κ2) is 7.32. The molecule has 0 saturated carbocycles. The summed E-state index contributed by atoms with van der Waals surface area (Å²) in [7, 11) is 1.49. The third-order valence-electron chi connectivity index (χ3n) is 2.96. The van der Waals surface area contributed by atoms with Gasteiger partial charge in [-0.2, -0.15) is 0 Å². The number of carboxylic acids is 1. The Morgan fingerprint density at radius 1 is 1.41 bits per heavy atom. The van der Waals surface area contributed by atoms with Crippen molar-refractivity contribution in [3.8, 4) is 5.69 Å². The molecule has 0 aliphatic heterocycles. The lowest BCUT2D eigenvalue weighted by Crippen LogP contribution is -2.38. The Morgan fingerprint density at radius 2 is 2.23 bits per heavy atom. The lowest BCUT2D eigenvalue weighted by molar-refractivity contribution is -0.137.